The van der Waals surface area contributed by atoms with Crippen molar-refractivity contribution in [1.29, 1.82) is 0 Å². The van der Waals surface area contributed by atoms with Gasteiger partial charge in [-0.05, 0) is 37.8 Å². The zero-order chi connectivity index (χ0) is 14.4. The molecule has 0 aliphatic carbocycles. The van der Waals surface area contributed by atoms with Crippen molar-refractivity contribution in [2.45, 2.75) is 59.5 Å². The normalized spacial score (nSPS) is 13.1. The van der Waals surface area contributed by atoms with Gasteiger partial charge in [-0.15, -0.1) is 0 Å². The molecule has 19 heavy (non-hydrogen) atoms. The van der Waals surface area contributed by atoms with Crippen molar-refractivity contribution in [3.8, 4) is 0 Å². The smallest absolute Gasteiger partial charge is 0.0569 e. The van der Waals surface area contributed by atoms with Crippen LogP contribution in [0.2, 0.25) is 0 Å². The summed E-state index contributed by atoms with van der Waals surface area (Å²) >= 11 is 0. The zero-order valence-electron chi connectivity index (χ0n) is 13.1. The van der Waals surface area contributed by atoms with Gasteiger partial charge in [-0.1, -0.05) is 27.7 Å². The van der Waals surface area contributed by atoms with Crippen molar-refractivity contribution in [1.82, 2.24) is 4.98 Å². The van der Waals surface area contributed by atoms with Gasteiger partial charge in [0, 0.05) is 18.6 Å². The summed E-state index contributed by atoms with van der Waals surface area (Å²) in [4.78, 5) is 6.98. The molecule has 3 nitrogen and oxygen atoms in total. The van der Waals surface area contributed by atoms with Crippen LogP contribution < -0.4 is 10.6 Å². The van der Waals surface area contributed by atoms with Crippen LogP contribution in [0.15, 0.2) is 18.3 Å². The van der Waals surface area contributed by atoms with Gasteiger partial charge < -0.3 is 10.6 Å². The van der Waals surface area contributed by atoms with Crippen LogP contribution in [0.4, 0.5) is 5.69 Å². The average Bonchev–Trinajstić information content (AvgIpc) is 2.38. The Morgan fingerprint density at radius 3 is 2.16 bits per heavy atom. The van der Waals surface area contributed by atoms with Crippen LogP contribution >= 0.6 is 0 Å². The van der Waals surface area contributed by atoms with E-state index >= 15 is 0 Å². The van der Waals surface area contributed by atoms with Gasteiger partial charge in [0.1, 0.15) is 0 Å². The van der Waals surface area contributed by atoms with Crippen LogP contribution in [0, 0.1) is 5.92 Å². The van der Waals surface area contributed by atoms with Gasteiger partial charge in [-0.2, -0.15) is 0 Å². The van der Waals surface area contributed by atoms with Gasteiger partial charge in [0.25, 0.3) is 0 Å². The molecule has 1 aromatic heterocycles. The Bertz CT molecular complexity index is 353. The van der Waals surface area contributed by atoms with Crippen molar-refractivity contribution in [3.63, 3.8) is 0 Å². The number of hydrogen-bond donors (Lipinski definition) is 1. The molecule has 1 aromatic rings. The summed E-state index contributed by atoms with van der Waals surface area (Å²) in [5, 5.41) is 0. The highest BCUT2D eigenvalue weighted by Gasteiger charge is 2.17. The lowest BCUT2D eigenvalue weighted by Crippen LogP contribution is -2.37. The summed E-state index contributed by atoms with van der Waals surface area (Å²) in [5.74, 6) is 0.647. The van der Waals surface area contributed by atoms with Gasteiger partial charge in [0.05, 0.1) is 17.6 Å². The summed E-state index contributed by atoms with van der Waals surface area (Å²) in [7, 11) is 0. The monoisotopic (exact) mass is 263 g/mol. The van der Waals surface area contributed by atoms with E-state index in [4.69, 9.17) is 5.73 Å². The van der Waals surface area contributed by atoms with Crippen LogP contribution in [0.3, 0.4) is 0 Å². The minimum absolute atomic E-state index is 0.000691. The largest absolute Gasteiger partial charge is 0.367 e. The van der Waals surface area contributed by atoms with Crippen LogP contribution in [-0.4, -0.2) is 17.6 Å². The van der Waals surface area contributed by atoms with Gasteiger partial charge in [0.2, 0.25) is 0 Å². The maximum Gasteiger partial charge on any atom is 0.0569 e. The second-order valence-electron chi connectivity index (χ2n) is 5.75. The minimum Gasteiger partial charge on any atom is -0.367 e. The van der Waals surface area contributed by atoms with E-state index in [9.17, 15) is 0 Å². The van der Waals surface area contributed by atoms with Crippen LogP contribution in [-0.2, 0) is 0 Å². The van der Waals surface area contributed by atoms with E-state index < -0.39 is 0 Å². The van der Waals surface area contributed by atoms with Crippen molar-refractivity contribution < 1.29 is 0 Å². The second-order valence-corrected chi connectivity index (χ2v) is 5.75. The fourth-order valence-electron chi connectivity index (χ4n) is 2.42. The number of pyridine rings is 1. The number of rotatable bonds is 7. The highest BCUT2D eigenvalue weighted by Crippen LogP contribution is 2.22. The molecule has 0 aromatic carbocycles. The molecule has 1 heterocycles. The predicted octanol–water partition coefficient (Wildman–Crippen LogP) is 3.75. The van der Waals surface area contributed by atoms with Gasteiger partial charge >= 0.3 is 0 Å². The SMILES string of the molecule is CCC(CC)N(CC(C)C)c1ccc([C@H](C)N)nc1. The number of nitrogens with two attached hydrogens (primary N) is 1. The molecule has 0 aliphatic heterocycles. The molecule has 0 spiro atoms. The first-order chi connectivity index (χ1) is 8.99. The highest BCUT2D eigenvalue weighted by molar-refractivity contribution is 5.46. The van der Waals surface area contributed by atoms with E-state index in [0.29, 0.717) is 12.0 Å². The van der Waals surface area contributed by atoms with E-state index in [0.717, 1.165) is 25.1 Å². The van der Waals surface area contributed by atoms with Crippen molar-refractivity contribution in [2.75, 3.05) is 11.4 Å². The molecule has 1 atom stereocenters. The Balaban J connectivity index is 2.96. The molecule has 1 rings (SSSR count). The summed E-state index contributed by atoms with van der Waals surface area (Å²) in [6, 6.07) is 4.80. The Kier molecular flexibility index (Phi) is 6.29. The molecule has 0 fully saturated rings. The standard InChI is InChI=1S/C16H29N3/c1-6-14(7-2)19(11-12(3)4)15-8-9-16(13(5)17)18-10-15/h8-10,12-14H,6-7,11,17H2,1-5H3/t13-/m0/s1. The van der Waals surface area contributed by atoms with E-state index in [2.05, 4.69) is 49.7 Å². The molecule has 108 valence electrons. The van der Waals surface area contributed by atoms with Crippen LogP contribution in [0.1, 0.15) is 59.2 Å². The molecule has 0 unspecified atom stereocenters. The molecule has 3 heteroatoms. The number of nitrogens with zero attached hydrogens (tertiary/aromatic N) is 2. The molecule has 0 saturated carbocycles. The van der Waals surface area contributed by atoms with E-state index in [1.165, 1.54) is 5.69 Å². The lowest BCUT2D eigenvalue weighted by atomic mass is 10.1. The zero-order valence-corrected chi connectivity index (χ0v) is 13.1. The van der Waals surface area contributed by atoms with Crippen molar-refractivity contribution in [3.05, 3.63) is 24.0 Å². The number of anilines is 1. The summed E-state index contributed by atoms with van der Waals surface area (Å²) in [6.07, 6.45) is 4.30. The average molecular weight is 263 g/mol. The quantitative estimate of drug-likeness (QED) is 0.814. The van der Waals surface area contributed by atoms with Gasteiger partial charge in [-0.3, -0.25) is 4.98 Å². The fourth-order valence-corrected chi connectivity index (χ4v) is 2.42. The van der Waals surface area contributed by atoms with Crippen molar-refractivity contribution in [2.24, 2.45) is 11.7 Å². The third-order valence-electron chi connectivity index (χ3n) is 3.51. The van der Waals surface area contributed by atoms with Gasteiger partial charge in [-0.25, -0.2) is 0 Å². The first kappa shape index (κ1) is 16.0. The van der Waals surface area contributed by atoms with Crippen LogP contribution in [0.25, 0.3) is 0 Å². The molecular weight excluding hydrogens is 234 g/mol. The lowest BCUT2D eigenvalue weighted by molar-refractivity contribution is 0.507. The molecule has 0 saturated heterocycles. The summed E-state index contributed by atoms with van der Waals surface area (Å²) < 4.78 is 0. The number of hydrogen-bond acceptors (Lipinski definition) is 3. The third kappa shape index (κ3) is 4.50. The summed E-state index contributed by atoms with van der Waals surface area (Å²) in [6.45, 7) is 12.1. The Labute approximate surface area is 118 Å². The van der Waals surface area contributed by atoms with E-state index in [1.54, 1.807) is 0 Å². The first-order valence-electron chi connectivity index (χ1n) is 7.47. The van der Waals surface area contributed by atoms with Gasteiger partial charge in [0.15, 0.2) is 0 Å². The third-order valence-corrected chi connectivity index (χ3v) is 3.51. The maximum atomic E-state index is 5.86. The summed E-state index contributed by atoms with van der Waals surface area (Å²) in [5.41, 5.74) is 8.03. The molecular formula is C16H29N3. The van der Waals surface area contributed by atoms with E-state index in [-0.39, 0.29) is 6.04 Å². The predicted molar refractivity (Wildman–Crippen MR) is 83.4 cm³/mol. The lowest BCUT2D eigenvalue weighted by Gasteiger charge is -2.34. The fraction of sp³-hybridized carbons (Fsp3) is 0.688. The molecule has 0 amide bonds. The van der Waals surface area contributed by atoms with Crippen molar-refractivity contribution >= 4 is 5.69 Å². The maximum absolute atomic E-state index is 5.86. The molecule has 0 aliphatic rings. The minimum atomic E-state index is 0.000691. The first-order valence-corrected chi connectivity index (χ1v) is 7.47. The Morgan fingerprint density at radius 2 is 1.79 bits per heavy atom. The Morgan fingerprint density at radius 1 is 1.16 bits per heavy atom. The highest BCUT2D eigenvalue weighted by atomic mass is 15.2. The van der Waals surface area contributed by atoms with Crippen LogP contribution in [0.5, 0.6) is 0 Å². The van der Waals surface area contributed by atoms with E-state index in [1.807, 2.05) is 13.1 Å². The molecule has 0 radical (unpaired) electrons. The molecule has 2 N–H and O–H groups in total. The topological polar surface area (TPSA) is 42.1 Å². The number of aromatic nitrogens is 1. The second kappa shape index (κ2) is 7.49. The Hall–Kier alpha value is -1.09. The molecule has 0 bridgehead atoms.